The first-order valence-electron chi connectivity index (χ1n) is 7.19. The van der Waals surface area contributed by atoms with Gasteiger partial charge in [0.2, 0.25) is 5.91 Å². The summed E-state index contributed by atoms with van der Waals surface area (Å²) in [6.07, 6.45) is 0.972. The third-order valence-corrected chi connectivity index (χ3v) is 3.84. The lowest BCUT2D eigenvalue weighted by Crippen LogP contribution is -2.33. The van der Waals surface area contributed by atoms with Crippen molar-refractivity contribution in [2.45, 2.75) is 19.9 Å². The number of ether oxygens (including phenoxy) is 1. The van der Waals surface area contributed by atoms with Gasteiger partial charge < -0.3 is 9.64 Å². The topological polar surface area (TPSA) is 56.6 Å². The largest absolute Gasteiger partial charge is 0.496 e. The number of nitriles is 1. The highest BCUT2D eigenvalue weighted by atomic mass is 16.5. The minimum absolute atomic E-state index is 0.140. The lowest BCUT2D eigenvalue weighted by Gasteiger charge is -2.22. The highest BCUT2D eigenvalue weighted by molar-refractivity contribution is 5.73. The second-order valence-electron chi connectivity index (χ2n) is 5.27. The van der Waals surface area contributed by atoms with E-state index in [4.69, 9.17) is 10.00 Å². The fourth-order valence-corrected chi connectivity index (χ4v) is 2.66. The number of benzene rings is 1. The summed E-state index contributed by atoms with van der Waals surface area (Å²) in [5.41, 5.74) is 1.67. The molecule has 1 aliphatic heterocycles. The molecular weight excluding hydrogens is 266 g/mol. The second kappa shape index (κ2) is 7.09. The molecule has 0 radical (unpaired) electrons. The van der Waals surface area contributed by atoms with Crippen LogP contribution in [-0.2, 0) is 11.3 Å². The molecule has 0 N–H and O–H groups in total. The van der Waals surface area contributed by atoms with Gasteiger partial charge in [-0.1, -0.05) is 0 Å². The molecule has 0 saturated carbocycles. The van der Waals surface area contributed by atoms with E-state index in [0.717, 1.165) is 50.5 Å². The zero-order valence-corrected chi connectivity index (χ0v) is 12.6. The van der Waals surface area contributed by atoms with Gasteiger partial charge in [0.25, 0.3) is 0 Å². The van der Waals surface area contributed by atoms with Crippen molar-refractivity contribution in [3.05, 3.63) is 29.3 Å². The van der Waals surface area contributed by atoms with Crippen LogP contribution in [0.25, 0.3) is 0 Å². The average Bonchev–Trinajstić information content (AvgIpc) is 2.73. The van der Waals surface area contributed by atoms with Crippen molar-refractivity contribution >= 4 is 5.91 Å². The number of hydrogen-bond donors (Lipinski definition) is 0. The summed E-state index contributed by atoms with van der Waals surface area (Å²) in [5, 5.41) is 9.02. The van der Waals surface area contributed by atoms with Crippen LogP contribution in [0.15, 0.2) is 18.2 Å². The summed E-state index contributed by atoms with van der Waals surface area (Å²) in [6.45, 7) is 5.74. The van der Waals surface area contributed by atoms with Gasteiger partial charge >= 0.3 is 0 Å². The summed E-state index contributed by atoms with van der Waals surface area (Å²) in [4.78, 5) is 15.7. The Morgan fingerprint density at radius 3 is 2.81 bits per heavy atom. The number of rotatable bonds is 3. The van der Waals surface area contributed by atoms with E-state index in [2.05, 4.69) is 11.0 Å². The van der Waals surface area contributed by atoms with Crippen molar-refractivity contribution < 1.29 is 9.53 Å². The molecule has 1 aliphatic rings. The van der Waals surface area contributed by atoms with Gasteiger partial charge in [0, 0.05) is 45.2 Å². The maximum absolute atomic E-state index is 11.5. The van der Waals surface area contributed by atoms with E-state index >= 15 is 0 Å². The van der Waals surface area contributed by atoms with Crippen LogP contribution in [-0.4, -0.2) is 49.0 Å². The third kappa shape index (κ3) is 3.96. The van der Waals surface area contributed by atoms with Crippen LogP contribution in [0.3, 0.4) is 0 Å². The molecule has 21 heavy (non-hydrogen) atoms. The molecule has 0 spiro atoms. The zero-order chi connectivity index (χ0) is 15.2. The maximum atomic E-state index is 11.5. The zero-order valence-electron chi connectivity index (χ0n) is 12.6. The fourth-order valence-electron chi connectivity index (χ4n) is 2.66. The molecule has 0 aromatic heterocycles. The van der Waals surface area contributed by atoms with Gasteiger partial charge in [0.15, 0.2) is 0 Å². The van der Waals surface area contributed by atoms with Crippen LogP contribution in [0.1, 0.15) is 24.5 Å². The quantitative estimate of drug-likeness (QED) is 0.847. The Labute approximate surface area is 125 Å². The van der Waals surface area contributed by atoms with Crippen LogP contribution >= 0.6 is 0 Å². The number of nitrogens with zero attached hydrogens (tertiary/aromatic N) is 3. The number of amides is 1. The maximum Gasteiger partial charge on any atom is 0.219 e. The van der Waals surface area contributed by atoms with E-state index in [0.29, 0.717) is 5.56 Å². The van der Waals surface area contributed by atoms with E-state index in [1.54, 1.807) is 20.1 Å². The molecule has 1 fully saturated rings. The normalized spacial score (nSPS) is 16.1. The summed E-state index contributed by atoms with van der Waals surface area (Å²) >= 11 is 0. The van der Waals surface area contributed by atoms with E-state index in [1.807, 2.05) is 17.0 Å². The lowest BCUT2D eigenvalue weighted by molar-refractivity contribution is -0.128. The van der Waals surface area contributed by atoms with Gasteiger partial charge in [-0.15, -0.1) is 0 Å². The minimum atomic E-state index is 0.140. The highest BCUT2D eigenvalue weighted by Crippen LogP contribution is 2.22. The SMILES string of the molecule is COc1ccc(C#N)cc1CN1CCCN(C(C)=O)CC1. The molecule has 2 rings (SSSR count). The van der Waals surface area contributed by atoms with Crippen molar-refractivity contribution in [2.75, 3.05) is 33.3 Å². The van der Waals surface area contributed by atoms with Gasteiger partial charge in [-0.25, -0.2) is 0 Å². The number of carbonyl (C=O) groups excluding carboxylic acids is 1. The second-order valence-corrected chi connectivity index (χ2v) is 5.27. The first-order valence-corrected chi connectivity index (χ1v) is 7.19. The molecule has 1 heterocycles. The molecule has 1 saturated heterocycles. The molecule has 1 aromatic rings. The van der Waals surface area contributed by atoms with Crippen molar-refractivity contribution in [3.8, 4) is 11.8 Å². The molecule has 0 bridgehead atoms. The summed E-state index contributed by atoms with van der Waals surface area (Å²) in [6, 6.07) is 7.65. The van der Waals surface area contributed by atoms with Crippen LogP contribution in [0.4, 0.5) is 0 Å². The van der Waals surface area contributed by atoms with Gasteiger partial charge in [-0.05, 0) is 24.6 Å². The summed E-state index contributed by atoms with van der Waals surface area (Å²) < 4.78 is 5.38. The first kappa shape index (κ1) is 15.3. The average molecular weight is 287 g/mol. The molecule has 0 aliphatic carbocycles. The Kier molecular flexibility index (Phi) is 5.18. The summed E-state index contributed by atoms with van der Waals surface area (Å²) in [5.74, 6) is 0.947. The fraction of sp³-hybridized carbons (Fsp3) is 0.500. The number of carbonyl (C=O) groups is 1. The Balaban J connectivity index is 2.07. The van der Waals surface area contributed by atoms with Crippen molar-refractivity contribution in [1.82, 2.24) is 9.80 Å². The standard InChI is InChI=1S/C16H21N3O2/c1-13(20)19-7-3-6-18(8-9-19)12-15-10-14(11-17)4-5-16(15)21-2/h4-5,10H,3,6-9,12H2,1-2H3. The van der Waals surface area contributed by atoms with E-state index in [1.165, 1.54) is 0 Å². The Bertz CT molecular complexity index is 551. The molecular formula is C16H21N3O2. The van der Waals surface area contributed by atoms with Crippen LogP contribution in [0, 0.1) is 11.3 Å². The lowest BCUT2D eigenvalue weighted by atomic mass is 10.1. The highest BCUT2D eigenvalue weighted by Gasteiger charge is 2.17. The Morgan fingerprint density at radius 2 is 2.14 bits per heavy atom. The Morgan fingerprint density at radius 1 is 1.33 bits per heavy atom. The monoisotopic (exact) mass is 287 g/mol. The van der Waals surface area contributed by atoms with E-state index < -0.39 is 0 Å². The molecule has 1 aromatic carbocycles. The molecule has 0 atom stereocenters. The van der Waals surface area contributed by atoms with Crippen molar-refractivity contribution in [3.63, 3.8) is 0 Å². The molecule has 5 nitrogen and oxygen atoms in total. The third-order valence-electron chi connectivity index (χ3n) is 3.84. The first-order chi connectivity index (χ1) is 10.1. The molecule has 5 heteroatoms. The van der Waals surface area contributed by atoms with Crippen LogP contribution in [0.2, 0.25) is 0 Å². The smallest absolute Gasteiger partial charge is 0.219 e. The molecule has 1 amide bonds. The van der Waals surface area contributed by atoms with Gasteiger partial charge in [0.05, 0.1) is 18.7 Å². The minimum Gasteiger partial charge on any atom is -0.496 e. The molecule has 0 unspecified atom stereocenters. The summed E-state index contributed by atoms with van der Waals surface area (Å²) in [7, 11) is 1.64. The van der Waals surface area contributed by atoms with Crippen molar-refractivity contribution in [1.29, 1.82) is 5.26 Å². The van der Waals surface area contributed by atoms with Crippen molar-refractivity contribution in [2.24, 2.45) is 0 Å². The number of methoxy groups -OCH3 is 1. The molecule has 112 valence electrons. The Hall–Kier alpha value is -2.06. The van der Waals surface area contributed by atoms with E-state index in [-0.39, 0.29) is 5.91 Å². The number of hydrogen-bond acceptors (Lipinski definition) is 4. The van der Waals surface area contributed by atoms with Gasteiger partial charge in [0.1, 0.15) is 5.75 Å². The van der Waals surface area contributed by atoms with E-state index in [9.17, 15) is 4.79 Å². The van der Waals surface area contributed by atoms with Gasteiger partial charge in [-0.3, -0.25) is 9.69 Å². The predicted octanol–water partition coefficient (Wildman–Crippen LogP) is 1.62. The van der Waals surface area contributed by atoms with Crippen LogP contribution < -0.4 is 4.74 Å². The van der Waals surface area contributed by atoms with Crippen LogP contribution in [0.5, 0.6) is 5.75 Å². The van der Waals surface area contributed by atoms with Gasteiger partial charge in [-0.2, -0.15) is 5.26 Å². The predicted molar refractivity (Wildman–Crippen MR) is 79.9 cm³/mol.